The van der Waals surface area contributed by atoms with Crippen LogP contribution in [0.1, 0.15) is 31.9 Å². The third-order valence-corrected chi connectivity index (χ3v) is 4.00. The van der Waals surface area contributed by atoms with Crippen molar-refractivity contribution in [1.29, 1.82) is 0 Å². The fraction of sp³-hybridized carbons (Fsp3) is 0.500. The summed E-state index contributed by atoms with van der Waals surface area (Å²) >= 11 is 0. The van der Waals surface area contributed by atoms with Crippen LogP contribution in [0.5, 0.6) is 0 Å². The van der Waals surface area contributed by atoms with Gasteiger partial charge in [-0.3, -0.25) is 9.59 Å². The van der Waals surface area contributed by atoms with E-state index in [1.165, 1.54) is 12.1 Å². The van der Waals surface area contributed by atoms with E-state index >= 15 is 0 Å². The highest BCUT2D eigenvalue weighted by molar-refractivity contribution is 5.99. The minimum Gasteiger partial charge on any atom is -0.340 e. The van der Waals surface area contributed by atoms with Gasteiger partial charge in [0.05, 0.1) is 0 Å². The van der Waals surface area contributed by atoms with E-state index in [9.17, 15) is 14.0 Å². The van der Waals surface area contributed by atoms with Crippen molar-refractivity contribution in [3.8, 4) is 0 Å². The van der Waals surface area contributed by atoms with Crippen LogP contribution in [0.3, 0.4) is 0 Å². The summed E-state index contributed by atoms with van der Waals surface area (Å²) in [5.41, 5.74) is 0.970. The molecule has 1 fully saturated rings. The van der Waals surface area contributed by atoms with Crippen molar-refractivity contribution >= 4 is 11.8 Å². The average Bonchev–Trinajstić information content (AvgIpc) is 2.38. The first kappa shape index (κ1) is 15.5. The van der Waals surface area contributed by atoms with Gasteiger partial charge >= 0.3 is 0 Å². The monoisotopic (exact) mass is 292 g/mol. The van der Waals surface area contributed by atoms with Gasteiger partial charge in [0, 0.05) is 6.54 Å². The molecule has 1 saturated heterocycles. The van der Waals surface area contributed by atoms with Crippen LogP contribution in [0.4, 0.5) is 4.39 Å². The molecule has 1 aromatic rings. The lowest BCUT2D eigenvalue weighted by Gasteiger charge is -2.41. The van der Waals surface area contributed by atoms with E-state index in [-0.39, 0.29) is 17.6 Å². The number of nitrogens with zero attached hydrogens (tertiary/aromatic N) is 1. The van der Waals surface area contributed by atoms with E-state index in [0.29, 0.717) is 13.0 Å². The second kappa shape index (κ2) is 5.47. The predicted octanol–water partition coefficient (Wildman–Crippen LogP) is 1.80. The molecule has 0 aliphatic carbocycles. The van der Waals surface area contributed by atoms with Crippen LogP contribution in [-0.2, 0) is 16.0 Å². The standard InChI is InChI=1S/C16H21FN2O2/c1-10-9-13(17)6-5-12(10)7-8-19-11(2)14(20)18-16(3,4)15(19)21/h5-6,9,11H,7-8H2,1-4H3,(H,18,20). The van der Waals surface area contributed by atoms with Crippen LogP contribution < -0.4 is 5.32 Å². The van der Waals surface area contributed by atoms with Gasteiger partial charge in [0.15, 0.2) is 0 Å². The van der Waals surface area contributed by atoms with Crippen molar-refractivity contribution in [2.75, 3.05) is 6.54 Å². The Morgan fingerprint density at radius 1 is 1.33 bits per heavy atom. The van der Waals surface area contributed by atoms with Gasteiger partial charge in [-0.25, -0.2) is 4.39 Å². The van der Waals surface area contributed by atoms with Crippen molar-refractivity contribution in [3.05, 3.63) is 35.1 Å². The summed E-state index contributed by atoms with van der Waals surface area (Å²) in [6.45, 7) is 7.42. The zero-order valence-corrected chi connectivity index (χ0v) is 12.9. The van der Waals surface area contributed by atoms with Gasteiger partial charge in [-0.15, -0.1) is 0 Å². The van der Waals surface area contributed by atoms with Crippen molar-refractivity contribution in [1.82, 2.24) is 10.2 Å². The van der Waals surface area contributed by atoms with Crippen molar-refractivity contribution in [3.63, 3.8) is 0 Å². The molecule has 2 amide bonds. The van der Waals surface area contributed by atoms with Crippen LogP contribution in [0, 0.1) is 12.7 Å². The number of hydrogen-bond acceptors (Lipinski definition) is 2. The van der Waals surface area contributed by atoms with Crippen LogP contribution in [-0.4, -0.2) is 34.8 Å². The fourth-order valence-corrected chi connectivity index (χ4v) is 2.62. The number of amides is 2. The molecule has 1 unspecified atom stereocenters. The van der Waals surface area contributed by atoms with Crippen LogP contribution >= 0.6 is 0 Å². The van der Waals surface area contributed by atoms with E-state index in [1.807, 2.05) is 6.92 Å². The molecule has 1 aromatic carbocycles. The Hall–Kier alpha value is -1.91. The molecule has 1 heterocycles. The summed E-state index contributed by atoms with van der Waals surface area (Å²) in [4.78, 5) is 25.9. The van der Waals surface area contributed by atoms with E-state index < -0.39 is 11.6 Å². The number of halogens is 1. The average molecular weight is 292 g/mol. The summed E-state index contributed by atoms with van der Waals surface area (Å²) in [6.07, 6.45) is 0.603. The number of carbonyl (C=O) groups excluding carboxylic acids is 2. The number of carbonyl (C=O) groups is 2. The van der Waals surface area contributed by atoms with Gasteiger partial charge in [0.25, 0.3) is 0 Å². The number of nitrogens with one attached hydrogen (secondary N) is 1. The lowest BCUT2D eigenvalue weighted by atomic mass is 9.96. The molecular weight excluding hydrogens is 271 g/mol. The lowest BCUT2D eigenvalue weighted by molar-refractivity contribution is -0.152. The van der Waals surface area contributed by atoms with Gasteiger partial charge in [-0.05, 0) is 57.4 Å². The number of benzene rings is 1. The van der Waals surface area contributed by atoms with Gasteiger partial charge < -0.3 is 10.2 Å². The SMILES string of the molecule is Cc1cc(F)ccc1CCN1C(=O)C(C)(C)NC(=O)C1C. The quantitative estimate of drug-likeness (QED) is 0.923. The highest BCUT2D eigenvalue weighted by Crippen LogP contribution is 2.19. The molecule has 1 aliphatic heterocycles. The maximum Gasteiger partial charge on any atom is 0.248 e. The second-order valence-corrected chi connectivity index (χ2v) is 6.11. The van der Waals surface area contributed by atoms with Crippen LogP contribution in [0.15, 0.2) is 18.2 Å². The third kappa shape index (κ3) is 3.06. The molecule has 1 aliphatic rings. The summed E-state index contributed by atoms with van der Waals surface area (Å²) in [5, 5.41) is 2.72. The van der Waals surface area contributed by atoms with E-state index in [2.05, 4.69) is 5.32 Å². The van der Waals surface area contributed by atoms with Gasteiger partial charge in [0.2, 0.25) is 11.8 Å². The van der Waals surface area contributed by atoms with Gasteiger partial charge in [-0.2, -0.15) is 0 Å². The Labute approximate surface area is 124 Å². The lowest BCUT2D eigenvalue weighted by Crippen LogP contribution is -2.67. The molecule has 0 saturated carbocycles. The molecule has 2 rings (SSSR count). The zero-order chi connectivity index (χ0) is 15.8. The van der Waals surface area contributed by atoms with E-state index in [0.717, 1.165) is 11.1 Å². The molecule has 0 aromatic heterocycles. The minimum absolute atomic E-state index is 0.0886. The largest absolute Gasteiger partial charge is 0.340 e. The third-order valence-electron chi connectivity index (χ3n) is 4.00. The highest BCUT2D eigenvalue weighted by Gasteiger charge is 2.42. The maximum atomic E-state index is 13.1. The Kier molecular flexibility index (Phi) is 4.03. The molecular formula is C16H21FN2O2. The molecule has 0 bridgehead atoms. The molecule has 5 heteroatoms. The van der Waals surface area contributed by atoms with Crippen LogP contribution in [0.25, 0.3) is 0 Å². The first-order valence-corrected chi connectivity index (χ1v) is 7.10. The normalized spacial score (nSPS) is 21.4. The molecule has 1 N–H and O–H groups in total. The van der Waals surface area contributed by atoms with Gasteiger partial charge in [0.1, 0.15) is 17.4 Å². The topological polar surface area (TPSA) is 49.4 Å². The Morgan fingerprint density at radius 3 is 2.62 bits per heavy atom. The Bertz CT molecular complexity index is 584. The van der Waals surface area contributed by atoms with Crippen molar-refractivity contribution in [2.45, 2.75) is 45.7 Å². The molecule has 0 radical (unpaired) electrons. The summed E-state index contributed by atoms with van der Waals surface area (Å²) in [6, 6.07) is 4.15. The minimum atomic E-state index is -0.874. The molecule has 0 spiro atoms. The van der Waals surface area contributed by atoms with Crippen molar-refractivity contribution in [2.24, 2.45) is 0 Å². The Morgan fingerprint density at radius 2 is 2.00 bits per heavy atom. The summed E-state index contributed by atoms with van der Waals surface area (Å²) in [7, 11) is 0. The molecule has 114 valence electrons. The molecule has 21 heavy (non-hydrogen) atoms. The second-order valence-electron chi connectivity index (χ2n) is 6.11. The van der Waals surface area contributed by atoms with E-state index in [4.69, 9.17) is 0 Å². The predicted molar refractivity (Wildman–Crippen MR) is 78.2 cm³/mol. The van der Waals surface area contributed by atoms with Crippen LogP contribution in [0.2, 0.25) is 0 Å². The van der Waals surface area contributed by atoms with Crippen molar-refractivity contribution < 1.29 is 14.0 Å². The fourth-order valence-electron chi connectivity index (χ4n) is 2.62. The first-order valence-electron chi connectivity index (χ1n) is 7.10. The van der Waals surface area contributed by atoms with E-state index in [1.54, 1.807) is 31.7 Å². The van der Waals surface area contributed by atoms with Gasteiger partial charge in [-0.1, -0.05) is 6.07 Å². The number of piperazine rings is 1. The Balaban J connectivity index is 2.13. The maximum absolute atomic E-state index is 13.1. The molecule has 1 atom stereocenters. The summed E-state index contributed by atoms with van der Waals surface area (Å²) < 4.78 is 13.1. The molecule has 4 nitrogen and oxygen atoms in total. The zero-order valence-electron chi connectivity index (χ0n) is 12.9. The number of aryl methyl sites for hydroxylation is 1. The summed E-state index contributed by atoms with van der Waals surface area (Å²) in [5.74, 6) is -0.496. The smallest absolute Gasteiger partial charge is 0.248 e. The number of rotatable bonds is 3. The highest BCUT2D eigenvalue weighted by atomic mass is 19.1. The number of hydrogen-bond donors (Lipinski definition) is 1. The first-order chi connectivity index (χ1) is 9.72.